The van der Waals surface area contributed by atoms with Gasteiger partial charge in [-0.15, -0.1) is 0 Å². The van der Waals surface area contributed by atoms with Gasteiger partial charge in [0.1, 0.15) is 0 Å². The van der Waals surface area contributed by atoms with Crippen molar-refractivity contribution in [3.8, 4) is 0 Å². The van der Waals surface area contributed by atoms with Crippen LogP contribution in [-0.4, -0.2) is 6.54 Å². The lowest BCUT2D eigenvalue weighted by atomic mass is 10.2. The number of nitrogens with one attached hydrogen (secondary N) is 1. The Morgan fingerprint density at radius 1 is 1.62 bits per heavy atom. The lowest BCUT2D eigenvalue weighted by molar-refractivity contribution is 0.794. The minimum atomic E-state index is 0.628. The van der Waals surface area contributed by atoms with Crippen molar-refractivity contribution in [1.29, 1.82) is 0 Å². The molecule has 0 aromatic carbocycles. The summed E-state index contributed by atoms with van der Waals surface area (Å²) in [6.45, 7) is 5.03. The molecule has 0 aliphatic heterocycles. The second-order valence-corrected chi connectivity index (χ2v) is 2.08. The summed E-state index contributed by atoms with van der Waals surface area (Å²) < 4.78 is 0. The van der Waals surface area contributed by atoms with Crippen molar-refractivity contribution in [2.75, 3.05) is 6.54 Å². The van der Waals surface area contributed by atoms with Crippen LogP contribution >= 0.6 is 0 Å². The number of hydrogen-bond donors (Lipinski definition) is 2. The van der Waals surface area contributed by atoms with Crippen LogP contribution in [0.4, 0.5) is 0 Å². The summed E-state index contributed by atoms with van der Waals surface area (Å²) >= 11 is 0. The zero-order valence-corrected chi connectivity index (χ0v) is 5.52. The molecule has 0 aromatic rings. The van der Waals surface area contributed by atoms with Crippen molar-refractivity contribution in [3.05, 3.63) is 12.2 Å². The first-order valence-corrected chi connectivity index (χ1v) is 2.87. The van der Waals surface area contributed by atoms with Gasteiger partial charge in [-0.1, -0.05) is 26.0 Å². The highest BCUT2D eigenvalue weighted by molar-refractivity contribution is 4.85. The van der Waals surface area contributed by atoms with Crippen molar-refractivity contribution in [2.45, 2.75) is 13.8 Å². The lowest BCUT2D eigenvalue weighted by Gasteiger charge is -1.92. The molecule has 0 aliphatic rings. The quantitative estimate of drug-likeness (QED) is 0.321. The van der Waals surface area contributed by atoms with Gasteiger partial charge < -0.3 is 0 Å². The summed E-state index contributed by atoms with van der Waals surface area (Å²) in [7, 11) is 0. The molecule has 0 aliphatic carbocycles. The van der Waals surface area contributed by atoms with Crippen LogP contribution in [0.5, 0.6) is 0 Å². The Morgan fingerprint density at radius 2 is 2.25 bits per heavy atom. The minimum absolute atomic E-state index is 0.628. The third-order valence-corrected chi connectivity index (χ3v) is 0.757. The van der Waals surface area contributed by atoms with E-state index in [2.05, 4.69) is 25.3 Å². The van der Waals surface area contributed by atoms with Gasteiger partial charge in [-0.05, 0) is 5.92 Å². The molecular weight excluding hydrogens is 100 g/mol. The van der Waals surface area contributed by atoms with Gasteiger partial charge in [-0.25, -0.2) is 0 Å². The predicted octanol–water partition coefficient (Wildman–Crippen LogP) is 0.662. The maximum absolute atomic E-state index is 5.01. The van der Waals surface area contributed by atoms with Crippen LogP contribution in [0.3, 0.4) is 0 Å². The fourth-order valence-electron chi connectivity index (χ4n) is 0.408. The second kappa shape index (κ2) is 4.81. The van der Waals surface area contributed by atoms with Gasteiger partial charge in [0.15, 0.2) is 0 Å². The van der Waals surface area contributed by atoms with Gasteiger partial charge in [0.2, 0.25) is 0 Å². The third-order valence-electron chi connectivity index (χ3n) is 0.757. The van der Waals surface area contributed by atoms with Gasteiger partial charge >= 0.3 is 0 Å². The topological polar surface area (TPSA) is 38.0 Å². The smallest absolute Gasteiger partial charge is 0.0278 e. The van der Waals surface area contributed by atoms with Crippen LogP contribution in [0.15, 0.2) is 12.2 Å². The maximum atomic E-state index is 5.01. The zero-order chi connectivity index (χ0) is 6.41. The largest absolute Gasteiger partial charge is 0.271 e. The molecule has 0 bridgehead atoms. The summed E-state index contributed by atoms with van der Waals surface area (Å²) in [5.74, 6) is 5.64. The van der Waals surface area contributed by atoms with Crippen molar-refractivity contribution >= 4 is 0 Å². The van der Waals surface area contributed by atoms with Gasteiger partial charge in [-0.2, -0.15) is 0 Å². The molecular formula is C6H14N2. The summed E-state index contributed by atoms with van der Waals surface area (Å²) in [6.07, 6.45) is 4.13. The van der Waals surface area contributed by atoms with E-state index in [0.717, 1.165) is 6.54 Å². The molecule has 0 unspecified atom stereocenters. The van der Waals surface area contributed by atoms with E-state index >= 15 is 0 Å². The highest BCUT2D eigenvalue weighted by Crippen LogP contribution is 1.90. The van der Waals surface area contributed by atoms with E-state index in [4.69, 9.17) is 5.84 Å². The summed E-state index contributed by atoms with van der Waals surface area (Å²) in [5.41, 5.74) is 2.54. The number of hydrazine groups is 1. The van der Waals surface area contributed by atoms with Crippen molar-refractivity contribution in [3.63, 3.8) is 0 Å². The first-order valence-electron chi connectivity index (χ1n) is 2.87. The van der Waals surface area contributed by atoms with Gasteiger partial charge in [-0.3, -0.25) is 11.3 Å². The molecule has 0 spiro atoms. The molecule has 2 heteroatoms. The van der Waals surface area contributed by atoms with Crippen LogP contribution < -0.4 is 11.3 Å². The molecule has 3 N–H and O–H groups in total. The number of rotatable bonds is 3. The molecule has 0 heterocycles. The Labute approximate surface area is 50.7 Å². The van der Waals surface area contributed by atoms with Crippen molar-refractivity contribution in [2.24, 2.45) is 11.8 Å². The molecule has 0 fully saturated rings. The van der Waals surface area contributed by atoms with E-state index in [1.165, 1.54) is 0 Å². The molecule has 2 nitrogen and oxygen atoms in total. The van der Waals surface area contributed by atoms with E-state index in [1.54, 1.807) is 0 Å². The molecule has 0 aromatic heterocycles. The molecule has 0 rings (SSSR count). The Balaban J connectivity index is 3.07. The summed E-state index contributed by atoms with van der Waals surface area (Å²) in [5, 5.41) is 0. The predicted molar refractivity (Wildman–Crippen MR) is 36.2 cm³/mol. The molecule has 0 radical (unpaired) electrons. The Hall–Kier alpha value is -0.340. The molecule has 8 heavy (non-hydrogen) atoms. The molecule has 0 atom stereocenters. The van der Waals surface area contributed by atoms with Crippen molar-refractivity contribution in [1.82, 2.24) is 5.43 Å². The van der Waals surface area contributed by atoms with Crippen LogP contribution in [0.2, 0.25) is 0 Å². The minimum Gasteiger partial charge on any atom is -0.271 e. The van der Waals surface area contributed by atoms with Gasteiger partial charge in [0.05, 0.1) is 0 Å². The molecule has 0 amide bonds. The molecule has 48 valence electrons. The van der Waals surface area contributed by atoms with E-state index in [1.807, 2.05) is 6.08 Å². The Morgan fingerprint density at radius 3 is 2.62 bits per heavy atom. The van der Waals surface area contributed by atoms with E-state index in [0.29, 0.717) is 5.92 Å². The monoisotopic (exact) mass is 114 g/mol. The average Bonchev–Trinajstić information content (AvgIpc) is 1.66. The molecule has 0 saturated heterocycles. The fraction of sp³-hybridized carbons (Fsp3) is 0.667. The highest BCUT2D eigenvalue weighted by atomic mass is 15.2. The molecule has 0 saturated carbocycles. The van der Waals surface area contributed by atoms with Crippen LogP contribution in [0, 0.1) is 5.92 Å². The first kappa shape index (κ1) is 7.66. The van der Waals surface area contributed by atoms with Crippen LogP contribution in [-0.2, 0) is 0 Å². The van der Waals surface area contributed by atoms with Gasteiger partial charge in [0, 0.05) is 6.54 Å². The summed E-state index contributed by atoms with van der Waals surface area (Å²) in [6, 6.07) is 0. The Kier molecular flexibility index (Phi) is 4.61. The van der Waals surface area contributed by atoms with Gasteiger partial charge in [0.25, 0.3) is 0 Å². The lowest BCUT2D eigenvalue weighted by Crippen LogP contribution is -2.21. The normalized spacial score (nSPS) is 11.5. The van der Waals surface area contributed by atoms with Crippen LogP contribution in [0.1, 0.15) is 13.8 Å². The number of nitrogens with two attached hydrogens (primary N) is 1. The Bertz CT molecular complexity index is 66.9. The fourth-order valence-corrected chi connectivity index (χ4v) is 0.408. The van der Waals surface area contributed by atoms with Crippen molar-refractivity contribution < 1.29 is 0 Å². The zero-order valence-electron chi connectivity index (χ0n) is 5.52. The van der Waals surface area contributed by atoms with E-state index in [9.17, 15) is 0 Å². The first-order chi connectivity index (χ1) is 3.77. The SMILES string of the molecule is CC(C)/C=C/CNN. The maximum Gasteiger partial charge on any atom is 0.0278 e. The number of hydrogen-bond acceptors (Lipinski definition) is 2. The highest BCUT2D eigenvalue weighted by Gasteiger charge is 1.79. The second-order valence-electron chi connectivity index (χ2n) is 2.08. The van der Waals surface area contributed by atoms with E-state index < -0.39 is 0 Å². The summed E-state index contributed by atoms with van der Waals surface area (Å²) in [4.78, 5) is 0. The standard InChI is InChI=1S/C6H14N2/c1-6(2)4-3-5-8-7/h3-4,6,8H,5,7H2,1-2H3/b4-3+. The number of allylic oxidation sites excluding steroid dienone is 1. The third kappa shape index (κ3) is 5.66. The van der Waals surface area contributed by atoms with E-state index in [-0.39, 0.29) is 0 Å². The van der Waals surface area contributed by atoms with Crippen LogP contribution in [0.25, 0.3) is 0 Å². The average molecular weight is 114 g/mol.